The third kappa shape index (κ3) is 4.94. The molecule has 0 saturated carbocycles. The predicted octanol–water partition coefficient (Wildman–Crippen LogP) is 3.49. The van der Waals surface area contributed by atoms with Gasteiger partial charge in [0, 0.05) is 12.1 Å². The van der Waals surface area contributed by atoms with Gasteiger partial charge in [0.1, 0.15) is 5.75 Å². The molecule has 9 heteroatoms. The van der Waals surface area contributed by atoms with E-state index in [9.17, 15) is 21.6 Å². The number of carbonyl (C=O) groups is 1. The van der Waals surface area contributed by atoms with Gasteiger partial charge in [0.25, 0.3) is 0 Å². The van der Waals surface area contributed by atoms with Crippen molar-refractivity contribution in [1.29, 1.82) is 0 Å². The summed E-state index contributed by atoms with van der Waals surface area (Å²) >= 11 is 0. The minimum Gasteiger partial charge on any atom is -0.485 e. The van der Waals surface area contributed by atoms with Crippen molar-refractivity contribution in [1.82, 2.24) is 0 Å². The van der Waals surface area contributed by atoms with Crippen LogP contribution in [0, 0.1) is 0 Å². The van der Waals surface area contributed by atoms with Crippen molar-refractivity contribution < 1.29 is 26.4 Å². The summed E-state index contributed by atoms with van der Waals surface area (Å²) in [4.78, 5) is 13.0. The summed E-state index contributed by atoms with van der Waals surface area (Å²) in [5, 5.41) is 0. The molecule has 0 aliphatic carbocycles. The highest BCUT2D eigenvalue weighted by molar-refractivity contribution is 7.92. The average molecular weight is 486 g/mol. The second-order valence-corrected chi connectivity index (χ2v) is 11.6. The molecule has 0 spiro atoms. The number of sulfonamides is 1. The number of ether oxygens (including phenoxy) is 1. The molecule has 3 aromatic rings. The first-order chi connectivity index (χ1) is 15.7. The Bertz CT molecular complexity index is 1380. The van der Waals surface area contributed by atoms with Crippen LogP contribution in [0.4, 0.5) is 5.69 Å². The van der Waals surface area contributed by atoms with Gasteiger partial charge in [0.05, 0.1) is 21.7 Å². The summed E-state index contributed by atoms with van der Waals surface area (Å²) in [5.74, 6) is 0.117. The monoisotopic (exact) mass is 485 g/mol. The molecule has 1 aliphatic heterocycles. The lowest BCUT2D eigenvalue weighted by Crippen LogP contribution is -2.34. The van der Waals surface area contributed by atoms with Crippen molar-refractivity contribution in [2.24, 2.45) is 0 Å². The molecule has 0 N–H and O–H groups in total. The molecule has 0 bridgehead atoms. The largest absolute Gasteiger partial charge is 0.485 e. The topological polar surface area (TPSA) is 97.8 Å². The highest BCUT2D eigenvalue weighted by Gasteiger charge is 2.25. The van der Waals surface area contributed by atoms with E-state index in [1.54, 1.807) is 36.4 Å². The normalized spacial score (nSPS) is 13.9. The van der Waals surface area contributed by atoms with Crippen LogP contribution in [0.15, 0.2) is 82.6 Å². The van der Waals surface area contributed by atoms with Crippen molar-refractivity contribution in [3.63, 3.8) is 0 Å². The Hall–Kier alpha value is -3.17. The van der Waals surface area contributed by atoms with Gasteiger partial charge in [-0.3, -0.25) is 9.10 Å². The number of ketones is 1. The van der Waals surface area contributed by atoms with E-state index in [1.165, 1.54) is 47.0 Å². The summed E-state index contributed by atoms with van der Waals surface area (Å²) in [6, 6.07) is 19.0. The minimum absolute atomic E-state index is 0.137. The molecule has 1 heterocycles. The van der Waals surface area contributed by atoms with Crippen LogP contribution in [0.2, 0.25) is 0 Å². The number of rotatable bonds is 7. The summed E-state index contributed by atoms with van der Waals surface area (Å²) < 4.78 is 56.2. The van der Waals surface area contributed by atoms with E-state index < -0.39 is 19.9 Å². The van der Waals surface area contributed by atoms with Crippen LogP contribution in [0.1, 0.15) is 22.3 Å². The van der Waals surface area contributed by atoms with Crippen LogP contribution in [-0.4, -0.2) is 42.0 Å². The maximum absolute atomic E-state index is 12.7. The van der Waals surface area contributed by atoms with Gasteiger partial charge in [-0.05, 0) is 73.0 Å². The van der Waals surface area contributed by atoms with Crippen molar-refractivity contribution >= 4 is 31.3 Å². The Labute approximate surface area is 193 Å². The first kappa shape index (κ1) is 23.0. The van der Waals surface area contributed by atoms with E-state index in [2.05, 4.69) is 0 Å². The fourth-order valence-electron chi connectivity index (χ4n) is 3.76. The second-order valence-electron chi connectivity index (χ2n) is 7.78. The van der Waals surface area contributed by atoms with Crippen LogP contribution >= 0.6 is 0 Å². The minimum atomic E-state index is -3.62. The van der Waals surface area contributed by atoms with E-state index >= 15 is 0 Å². The predicted molar refractivity (Wildman–Crippen MR) is 125 cm³/mol. The number of anilines is 1. The van der Waals surface area contributed by atoms with E-state index in [0.29, 0.717) is 36.4 Å². The maximum atomic E-state index is 12.7. The molecule has 0 radical (unpaired) electrons. The van der Waals surface area contributed by atoms with Crippen molar-refractivity contribution in [2.75, 3.05) is 23.7 Å². The van der Waals surface area contributed by atoms with Gasteiger partial charge >= 0.3 is 0 Å². The summed E-state index contributed by atoms with van der Waals surface area (Å²) in [6.07, 6.45) is 2.55. The van der Waals surface area contributed by atoms with Gasteiger partial charge in [0.15, 0.2) is 12.4 Å². The van der Waals surface area contributed by atoms with Crippen LogP contribution in [0.25, 0.3) is 0 Å². The van der Waals surface area contributed by atoms with Gasteiger partial charge in [-0.25, -0.2) is 16.8 Å². The van der Waals surface area contributed by atoms with Crippen LogP contribution in [0.3, 0.4) is 0 Å². The van der Waals surface area contributed by atoms with E-state index in [4.69, 9.17) is 4.74 Å². The number of benzene rings is 3. The van der Waals surface area contributed by atoms with Gasteiger partial charge in [-0.15, -0.1) is 0 Å². The summed E-state index contributed by atoms with van der Waals surface area (Å²) in [5.41, 5.74) is 1.86. The fraction of sp³-hybridized carbons (Fsp3) is 0.208. The van der Waals surface area contributed by atoms with Crippen molar-refractivity contribution in [3.8, 4) is 5.75 Å². The number of hydrogen-bond acceptors (Lipinski definition) is 6. The second kappa shape index (κ2) is 8.99. The van der Waals surface area contributed by atoms with Crippen molar-refractivity contribution in [3.05, 3.63) is 83.9 Å². The smallest absolute Gasteiger partial charge is 0.232 e. The zero-order valence-corrected chi connectivity index (χ0v) is 19.6. The molecular formula is C24H23NO6S2. The molecule has 172 valence electrons. The lowest BCUT2D eigenvalue weighted by Gasteiger charge is -2.29. The van der Waals surface area contributed by atoms with Crippen molar-refractivity contribution in [2.45, 2.75) is 22.6 Å². The zero-order chi connectivity index (χ0) is 23.6. The van der Waals surface area contributed by atoms with Gasteiger partial charge in [0.2, 0.25) is 19.9 Å². The zero-order valence-electron chi connectivity index (χ0n) is 18.0. The van der Waals surface area contributed by atoms with Crippen LogP contribution in [0.5, 0.6) is 5.75 Å². The summed E-state index contributed by atoms with van der Waals surface area (Å²) in [6.45, 7) is 0.206. The molecule has 3 aromatic carbocycles. The molecular weight excluding hydrogens is 462 g/mol. The number of aryl methyl sites for hydroxylation is 1. The van der Waals surface area contributed by atoms with E-state index in [0.717, 1.165) is 5.56 Å². The number of hydrogen-bond donors (Lipinski definition) is 0. The third-order valence-electron chi connectivity index (χ3n) is 5.44. The first-order valence-electron chi connectivity index (χ1n) is 10.3. The molecule has 0 aromatic heterocycles. The Morgan fingerprint density at radius 2 is 1.58 bits per heavy atom. The fourth-order valence-corrected chi connectivity index (χ4v) is 6.04. The quantitative estimate of drug-likeness (QED) is 0.475. The van der Waals surface area contributed by atoms with Gasteiger partial charge in [-0.2, -0.15) is 0 Å². The molecule has 4 rings (SSSR count). The number of carbonyl (C=O) groups excluding carboxylic acids is 1. The first-order valence-corrected chi connectivity index (χ1v) is 13.7. The van der Waals surface area contributed by atoms with E-state index in [-0.39, 0.29) is 22.2 Å². The highest BCUT2D eigenvalue weighted by Crippen LogP contribution is 2.30. The number of Topliss-reactive ketones (excluding diaryl/α,β-unsaturated/α-hetero) is 1. The Morgan fingerprint density at radius 1 is 0.909 bits per heavy atom. The molecule has 0 fully saturated rings. The molecule has 7 nitrogen and oxygen atoms in total. The average Bonchev–Trinajstić information content (AvgIpc) is 2.82. The Balaban J connectivity index is 1.44. The molecule has 0 amide bonds. The van der Waals surface area contributed by atoms with Gasteiger partial charge in [-0.1, -0.05) is 18.2 Å². The third-order valence-corrected chi connectivity index (χ3v) is 8.40. The highest BCUT2D eigenvalue weighted by atomic mass is 32.2. The molecule has 1 aliphatic rings. The standard InChI is InChI=1S/C24H23NO6S2/c1-32(27,28)25-15-5-6-18-16-19(9-14-23(18)25)24(26)17-31-20-10-12-22(13-11-20)33(29,30)21-7-3-2-4-8-21/h2-4,7-14,16H,5-6,15,17H2,1H3. The Morgan fingerprint density at radius 3 is 2.24 bits per heavy atom. The van der Waals surface area contributed by atoms with Gasteiger partial charge < -0.3 is 4.74 Å². The SMILES string of the molecule is CS(=O)(=O)N1CCCc2cc(C(=O)COc3ccc(S(=O)(=O)c4ccccc4)cc3)ccc21. The molecule has 0 unspecified atom stereocenters. The number of sulfone groups is 1. The number of nitrogens with zero attached hydrogens (tertiary/aromatic N) is 1. The van der Waals surface area contributed by atoms with E-state index in [1.807, 2.05) is 0 Å². The van der Waals surface area contributed by atoms with Crippen LogP contribution < -0.4 is 9.04 Å². The molecule has 33 heavy (non-hydrogen) atoms. The lowest BCUT2D eigenvalue weighted by atomic mass is 9.99. The lowest BCUT2D eigenvalue weighted by molar-refractivity contribution is 0.0921. The molecule has 0 saturated heterocycles. The molecule has 0 atom stereocenters. The summed E-state index contributed by atoms with van der Waals surface area (Å²) in [7, 11) is -6.99. The maximum Gasteiger partial charge on any atom is 0.232 e. The number of fused-ring (bicyclic) bond motifs is 1. The van der Waals surface area contributed by atoms with Crippen LogP contribution in [-0.2, 0) is 26.3 Å². The Kier molecular flexibility index (Phi) is 6.27.